The minimum Gasteiger partial charge on any atom is -0.360 e. The van der Waals surface area contributed by atoms with E-state index in [0.717, 1.165) is 29.8 Å². The van der Waals surface area contributed by atoms with Crippen molar-refractivity contribution in [2.24, 2.45) is 11.8 Å². The predicted molar refractivity (Wildman–Crippen MR) is 101 cm³/mol. The third-order valence-electron chi connectivity index (χ3n) is 6.18. The van der Waals surface area contributed by atoms with E-state index >= 15 is 0 Å². The van der Waals surface area contributed by atoms with Crippen LogP contribution in [-0.2, 0) is 12.0 Å². The highest BCUT2D eigenvalue weighted by Gasteiger charge is 2.40. The second kappa shape index (κ2) is 6.01. The largest absolute Gasteiger partial charge is 0.360 e. The van der Waals surface area contributed by atoms with E-state index in [4.69, 9.17) is 12.2 Å². The fourth-order valence-electron chi connectivity index (χ4n) is 5.07. The number of aromatic nitrogens is 2. The number of thiocarbonyl (C=S) groups is 1. The Hall–Kier alpha value is -1.10. The highest BCUT2D eigenvalue weighted by Crippen LogP contribution is 2.44. The molecule has 4 atom stereocenters. The van der Waals surface area contributed by atoms with Crippen molar-refractivity contribution in [1.82, 2.24) is 20.4 Å². The predicted octanol–water partition coefficient (Wildman–Crippen LogP) is 3.67. The van der Waals surface area contributed by atoms with E-state index in [2.05, 4.69) is 47.4 Å². The summed E-state index contributed by atoms with van der Waals surface area (Å²) in [5.41, 5.74) is 2.76. The summed E-state index contributed by atoms with van der Waals surface area (Å²) in [4.78, 5) is 0. The Morgan fingerprint density at radius 2 is 2.04 bits per heavy atom. The lowest BCUT2D eigenvalue weighted by molar-refractivity contribution is 0.336. The first-order chi connectivity index (χ1) is 11.4. The fraction of sp³-hybridized carbons (Fsp3) is 0.789. The highest BCUT2D eigenvalue weighted by molar-refractivity contribution is 7.80. The number of hydrogen-bond acceptors (Lipinski definition) is 2. The molecule has 3 aliphatic carbocycles. The van der Waals surface area contributed by atoms with Gasteiger partial charge in [0.05, 0.1) is 17.8 Å². The third-order valence-corrected chi connectivity index (χ3v) is 6.41. The summed E-state index contributed by atoms with van der Waals surface area (Å²) < 4.78 is 2.20. The number of hydrogen-bond donors (Lipinski definition) is 2. The molecule has 0 unspecified atom stereocenters. The minimum atomic E-state index is 0.0390. The van der Waals surface area contributed by atoms with Gasteiger partial charge in [0.1, 0.15) is 0 Å². The lowest BCUT2D eigenvalue weighted by atomic mass is 9.92. The van der Waals surface area contributed by atoms with Crippen molar-refractivity contribution >= 4 is 17.3 Å². The van der Waals surface area contributed by atoms with Gasteiger partial charge < -0.3 is 10.6 Å². The molecular weight excluding hydrogens is 316 g/mol. The number of fused-ring (bicyclic) bond motifs is 3. The van der Waals surface area contributed by atoms with Crippen LogP contribution in [0.15, 0.2) is 6.20 Å². The lowest BCUT2D eigenvalue weighted by Gasteiger charge is -2.30. The van der Waals surface area contributed by atoms with E-state index in [1.807, 2.05) is 0 Å². The SMILES string of the molecule is CC(C)(C)n1ncc2c1CCC[C@@H]2NC(=S)N[C@@H]1C[C@H]2CC[C@H]1C2. The second-order valence-corrected chi connectivity index (χ2v) is 9.38. The average molecular weight is 347 g/mol. The third kappa shape index (κ3) is 2.96. The van der Waals surface area contributed by atoms with Crippen molar-refractivity contribution in [3.8, 4) is 0 Å². The van der Waals surface area contributed by atoms with Crippen LogP contribution in [0.1, 0.15) is 76.6 Å². The standard InChI is InChI=1S/C19H30N4S/c1-19(2,3)23-17-6-4-5-15(14(17)11-20-23)21-18(24)22-16-10-12-7-8-13(16)9-12/h11-13,15-16H,4-10H2,1-3H3,(H2,21,22,24)/t12-,13-,15-,16+/m0/s1. The summed E-state index contributed by atoms with van der Waals surface area (Å²) in [5.74, 6) is 1.79. The molecule has 1 aromatic heterocycles. The molecule has 0 aliphatic heterocycles. The van der Waals surface area contributed by atoms with Crippen LogP contribution >= 0.6 is 12.2 Å². The van der Waals surface area contributed by atoms with Crippen LogP contribution in [0.4, 0.5) is 0 Å². The van der Waals surface area contributed by atoms with Crippen molar-refractivity contribution in [3.63, 3.8) is 0 Å². The first-order valence-electron chi connectivity index (χ1n) is 9.56. The monoisotopic (exact) mass is 346 g/mol. The van der Waals surface area contributed by atoms with E-state index in [-0.39, 0.29) is 5.54 Å². The van der Waals surface area contributed by atoms with Crippen molar-refractivity contribution in [1.29, 1.82) is 0 Å². The van der Waals surface area contributed by atoms with Crippen LogP contribution in [0, 0.1) is 11.8 Å². The van der Waals surface area contributed by atoms with E-state index in [9.17, 15) is 0 Å². The first kappa shape index (κ1) is 16.4. The summed E-state index contributed by atoms with van der Waals surface area (Å²) in [5, 5.41) is 12.7. The molecule has 1 heterocycles. The molecule has 2 fully saturated rings. The Balaban J connectivity index is 1.43. The molecule has 0 aromatic carbocycles. The van der Waals surface area contributed by atoms with Gasteiger partial charge in [0.2, 0.25) is 0 Å². The van der Waals surface area contributed by atoms with Gasteiger partial charge in [-0.25, -0.2) is 0 Å². The van der Waals surface area contributed by atoms with Crippen molar-refractivity contribution in [3.05, 3.63) is 17.5 Å². The van der Waals surface area contributed by atoms with Crippen molar-refractivity contribution < 1.29 is 0 Å². The average Bonchev–Trinajstić information content (AvgIpc) is 3.20. The van der Waals surface area contributed by atoms with Gasteiger partial charge in [-0.15, -0.1) is 0 Å². The zero-order valence-corrected chi connectivity index (χ0v) is 16.0. The maximum absolute atomic E-state index is 5.65. The normalized spacial score (nSPS) is 31.8. The molecule has 2 bridgehead atoms. The Morgan fingerprint density at radius 1 is 1.21 bits per heavy atom. The van der Waals surface area contributed by atoms with Gasteiger partial charge in [-0.05, 0) is 83.3 Å². The minimum absolute atomic E-state index is 0.0390. The molecule has 2 N–H and O–H groups in total. The van der Waals surface area contributed by atoms with E-state index in [0.29, 0.717) is 12.1 Å². The molecule has 24 heavy (non-hydrogen) atoms. The Kier molecular flexibility index (Phi) is 4.10. The molecule has 0 spiro atoms. The molecule has 0 amide bonds. The molecule has 3 aliphatic rings. The molecule has 0 radical (unpaired) electrons. The maximum Gasteiger partial charge on any atom is 0.167 e. The smallest absolute Gasteiger partial charge is 0.167 e. The Labute approximate surface area is 150 Å². The summed E-state index contributed by atoms with van der Waals surface area (Å²) in [6.07, 6.45) is 11.0. The molecule has 132 valence electrons. The van der Waals surface area contributed by atoms with Crippen LogP contribution in [0.3, 0.4) is 0 Å². The van der Waals surface area contributed by atoms with Gasteiger partial charge in [0.15, 0.2) is 5.11 Å². The maximum atomic E-state index is 5.65. The van der Waals surface area contributed by atoms with Crippen LogP contribution in [0.2, 0.25) is 0 Å². The van der Waals surface area contributed by atoms with Gasteiger partial charge in [0.25, 0.3) is 0 Å². The summed E-state index contributed by atoms with van der Waals surface area (Å²) in [6, 6.07) is 0.910. The second-order valence-electron chi connectivity index (χ2n) is 8.97. The van der Waals surface area contributed by atoms with Gasteiger partial charge in [-0.2, -0.15) is 5.10 Å². The molecule has 4 rings (SSSR count). The topological polar surface area (TPSA) is 41.9 Å². The van der Waals surface area contributed by atoms with E-state index in [1.165, 1.54) is 43.4 Å². The van der Waals surface area contributed by atoms with Crippen LogP contribution in [-0.4, -0.2) is 20.9 Å². The molecular formula is C19H30N4S. The Bertz CT molecular complexity index is 630. The molecule has 4 nitrogen and oxygen atoms in total. The fourth-order valence-corrected chi connectivity index (χ4v) is 5.37. The number of nitrogens with zero attached hydrogens (tertiary/aromatic N) is 2. The quantitative estimate of drug-likeness (QED) is 0.802. The van der Waals surface area contributed by atoms with Gasteiger partial charge in [-0.3, -0.25) is 4.68 Å². The molecule has 2 saturated carbocycles. The first-order valence-corrected chi connectivity index (χ1v) is 9.97. The molecule has 5 heteroatoms. The number of nitrogens with one attached hydrogen (secondary N) is 2. The van der Waals surface area contributed by atoms with Crippen molar-refractivity contribution in [2.75, 3.05) is 0 Å². The van der Waals surface area contributed by atoms with Crippen LogP contribution in [0.25, 0.3) is 0 Å². The van der Waals surface area contributed by atoms with Crippen LogP contribution < -0.4 is 10.6 Å². The van der Waals surface area contributed by atoms with Gasteiger partial charge in [0, 0.05) is 17.3 Å². The number of rotatable bonds is 2. The highest BCUT2D eigenvalue weighted by atomic mass is 32.1. The van der Waals surface area contributed by atoms with E-state index in [1.54, 1.807) is 0 Å². The zero-order chi connectivity index (χ0) is 16.9. The summed E-state index contributed by atoms with van der Waals surface area (Å²) in [7, 11) is 0. The van der Waals surface area contributed by atoms with E-state index < -0.39 is 0 Å². The van der Waals surface area contributed by atoms with Crippen molar-refractivity contribution in [2.45, 2.75) is 83.3 Å². The van der Waals surface area contributed by atoms with Gasteiger partial charge >= 0.3 is 0 Å². The molecule has 1 aromatic rings. The Morgan fingerprint density at radius 3 is 2.71 bits per heavy atom. The molecule has 0 saturated heterocycles. The van der Waals surface area contributed by atoms with Crippen LogP contribution in [0.5, 0.6) is 0 Å². The summed E-state index contributed by atoms with van der Waals surface area (Å²) >= 11 is 5.65. The zero-order valence-electron chi connectivity index (χ0n) is 15.1. The lowest BCUT2D eigenvalue weighted by Crippen LogP contribution is -2.45. The van der Waals surface area contributed by atoms with Gasteiger partial charge in [-0.1, -0.05) is 6.42 Å². The summed E-state index contributed by atoms with van der Waals surface area (Å²) in [6.45, 7) is 6.66.